The Hall–Kier alpha value is -2.37. The topological polar surface area (TPSA) is 61.8 Å². The molecule has 2 N–H and O–H groups in total. The molecule has 0 spiro atoms. The highest BCUT2D eigenvalue weighted by Gasteiger charge is 2.22. The molecule has 25 heavy (non-hydrogen) atoms. The average molecular weight is 340 g/mol. The Kier molecular flexibility index (Phi) is 5.36. The summed E-state index contributed by atoms with van der Waals surface area (Å²) in [5, 5.41) is 12.5. The first-order valence-electron chi connectivity index (χ1n) is 8.57. The first kappa shape index (κ1) is 17.5. The van der Waals surface area contributed by atoms with E-state index in [1.54, 1.807) is 24.3 Å². The van der Waals surface area contributed by atoms with Crippen LogP contribution in [0, 0.1) is 0 Å². The number of aromatic hydroxyl groups is 1. The number of carbonyl (C=O) groups excluding carboxylic acids is 1. The van der Waals surface area contributed by atoms with Crippen molar-refractivity contribution in [3.05, 3.63) is 59.7 Å². The van der Waals surface area contributed by atoms with Gasteiger partial charge in [0.25, 0.3) is 5.91 Å². The Labute approximate surface area is 148 Å². The minimum Gasteiger partial charge on any atom is -0.506 e. The maximum atomic E-state index is 12.3. The fourth-order valence-electron chi connectivity index (χ4n) is 3.21. The van der Waals surface area contributed by atoms with Gasteiger partial charge in [0.05, 0.1) is 17.9 Å². The van der Waals surface area contributed by atoms with Crippen molar-refractivity contribution in [1.29, 1.82) is 0 Å². The smallest absolute Gasteiger partial charge is 0.255 e. The Bertz CT molecular complexity index is 720. The van der Waals surface area contributed by atoms with Gasteiger partial charge in [-0.15, -0.1) is 0 Å². The molecule has 1 fully saturated rings. The van der Waals surface area contributed by atoms with Gasteiger partial charge in [-0.3, -0.25) is 9.69 Å². The summed E-state index contributed by atoms with van der Waals surface area (Å²) in [4.78, 5) is 14.7. The normalized spacial score (nSPS) is 21.0. The van der Waals surface area contributed by atoms with Crippen molar-refractivity contribution >= 4 is 11.6 Å². The lowest BCUT2D eigenvalue weighted by atomic mass is 10.1. The molecule has 132 valence electrons. The van der Waals surface area contributed by atoms with Crippen molar-refractivity contribution in [2.75, 3.05) is 18.4 Å². The third kappa shape index (κ3) is 4.59. The van der Waals surface area contributed by atoms with E-state index in [2.05, 4.69) is 24.1 Å². The number of amides is 1. The fourth-order valence-corrected chi connectivity index (χ4v) is 3.21. The number of morpholine rings is 1. The Balaban J connectivity index is 1.62. The molecule has 5 nitrogen and oxygen atoms in total. The van der Waals surface area contributed by atoms with Gasteiger partial charge in [0.1, 0.15) is 5.75 Å². The van der Waals surface area contributed by atoms with Crippen LogP contribution in [0.15, 0.2) is 48.5 Å². The van der Waals surface area contributed by atoms with E-state index in [-0.39, 0.29) is 23.9 Å². The van der Waals surface area contributed by atoms with E-state index in [0.717, 1.165) is 19.6 Å². The number of hydrogen-bond donors (Lipinski definition) is 2. The van der Waals surface area contributed by atoms with Gasteiger partial charge in [-0.05, 0) is 43.7 Å². The highest BCUT2D eigenvalue weighted by molar-refractivity contribution is 6.04. The van der Waals surface area contributed by atoms with E-state index in [0.29, 0.717) is 11.3 Å². The number of ether oxygens (including phenoxy) is 1. The molecule has 0 bridgehead atoms. The van der Waals surface area contributed by atoms with E-state index >= 15 is 0 Å². The van der Waals surface area contributed by atoms with Crippen LogP contribution < -0.4 is 5.32 Å². The van der Waals surface area contributed by atoms with Crippen molar-refractivity contribution in [3.63, 3.8) is 0 Å². The van der Waals surface area contributed by atoms with Crippen LogP contribution in [0.1, 0.15) is 29.8 Å². The summed E-state index contributed by atoms with van der Waals surface area (Å²) in [5.74, 6) is -0.176. The molecule has 2 aromatic carbocycles. The van der Waals surface area contributed by atoms with Gasteiger partial charge in [-0.2, -0.15) is 0 Å². The second kappa shape index (κ2) is 7.68. The van der Waals surface area contributed by atoms with Crippen LogP contribution in [0.3, 0.4) is 0 Å². The van der Waals surface area contributed by atoms with Crippen LogP contribution in [0.25, 0.3) is 0 Å². The minimum atomic E-state index is -0.235. The van der Waals surface area contributed by atoms with Crippen molar-refractivity contribution < 1.29 is 14.6 Å². The van der Waals surface area contributed by atoms with Crippen LogP contribution in [0.4, 0.5) is 5.69 Å². The molecule has 0 saturated carbocycles. The predicted octanol–water partition coefficient (Wildman–Crippen LogP) is 3.25. The number of rotatable bonds is 4. The van der Waals surface area contributed by atoms with E-state index in [1.807, 2.05) is 24.3 Å². The molecule has 2 atom stereocenters. The number of benzene rings is 2. The van der Waals surface area contributed by atoms with Gasteiger partial charge in [-0.25, -0.2) is 0 Å². The van der Waals surface area contributed by atoms with Crippen molar-refractivity contribution in [2.45, 2.75) is 32.6 Å². The zero-order valence-corrected chi connectivity index (χ0v) is 14.6. The number of nitrogens with zero attached hydrogens (tertiary/aromatic N) is 1. The van der Waals surface area contributed by atoms with E-state index in [1.165, 1.54) is 5.56 Å². The molecular weight excluding hydrogens is 316 g/mol. The Morgan fingerprint density at radius 2 is 1.76 bits per heavy atom. The molecule has 5 heteroatoms. The summed E-state index contributed by atoms with van der Waals surface area (Å²) in [6.45, 7) is 6.86. The van der Waals surface area contributed by atoms with E-state index < -0.39 is 0 Å². The van der Waals surface area contributed by atoms with Gasteiger partial charge in [-0.1, -0.05) is 24.3 Å². The molecule has 1 saturated heterocycles. The van der Waals surface area contributed by atoms with Crippen molar-refractivity contribution in [3.8, 4) is 5.75 Å². The van der Waals surface area contributed by atoms with Gasteiger partial charge >= 0.3 is 0 Å². The largest absolute Gasteiger partial charge is 0.506 e. The molecule has 0 unspecified atom stereocenters. The third-order valence-electron chi connectivity index (χ3n) is 4.27. The Morgan fingerprint density at radius 1 is 1.12 bits per heavy atom. The van der Waals surface area contributed by atoms with Crippen LogP contribution >= 0.6 is 0 Å². The Morgan fingerprint density at radius 3 is 2.40 bits per heavy atom. The number of phenols is 1. The quantitative estimate of drug-likeness (QED) is 0.839. The molecule has 0 aliphatic carbocycles. The predicted molar refractivity (Wildman–Crippen MR) is 97.8 cm³/mol. The van der Waals surface area contributed by atoms with Crippen LogP contribution in [0.2, 0.25) is 0 Å². The molecule has 2 aromatic rings. The third-order valence-corrected chi connectivity index (χ3v) is 4.27. The lowest BCUT2D eigenvalue weighted by Gasteiger charge is -2.35. The number of carbonyl (C=O) groups is 1. The summed E-state index contributed by atoms with van der Waals surface area (Å²) in [7, 11) is 0. The second-order valence-electron chi connectivity index (χ2n) is 6.62. The number of hydrogen-bond acceptors (Lipinski definition) is 4. The first-order valence-corrected chi connectivity index (χ1v) is 8.57. The molecular formula is C20H24N2O3. The van der Waals surface area contributed by atoms with Crippen molar-refractivity contribution in [2.24, 2.45) is 0 Å². The number of phenolic OH excluding ortho intramolecular Hbond substituents is 1. The van der Waals surface area contributed by atoms with Gasteiger partial charge in [0, 0.05) is 25.2 Å². The maximum Gasteiger partial charge on any atom is 0.255 e. The summed E-state index contributed by atoms with van der Waals surface area (Å²) >= 11 is 0. The maximum absolute atomic E-state index is 12.3. The lowest BCUT2D eigenvalue weighted by molar-refractivity contribution is -0.0704. The number of para-hydroxylation sites is 2. The monoisotopic (exact) mass is 340 g/mol. The molecule has 1 heterocycles. The highest BCUT2D eigenvalue weighted by Crippen LogP contribution is 2.22. The molecule has 0 radical (unpaired) electrons. The fraction of sp³-hybridized carbons (Fsp3) is 0.350. The average Bonchev–Trinajstić information content (AvgIpc) is 2.56. The molecule has 1 aliphatic heterocycles. The summed E-state index contributed by atoms with van der Waals surface area (Å²) in [6.07, 6.45) is 0.486. The van der Waals surface area contributed by atoms with E-state index in [4.69, 9.17) is 4.74 Å². The van der Waals surface area contributed by atoms with Crippen molar-refractivity contribution in [1.82, 2.24) is 4.90 Å². The van der Waals surface area contributed by atoms with Gasteiger partial charge < -0.3 is 15.2 Å². The SMILES string of the molecule is C[C@@H]1CN(Cc2ccc(C(=O)Nc3ccccc3O)cc2)C[C@@H](C)O1. The molecule has 1 amide bonds. The van der Waals surface area contributed by atoms with Crippen LogP contribution in [0.5, 0.6) is 5.75 Å². The highest BCUT2D eigenvalue weighted by atomic mass is 16.5. The summed E-state index contributed by atoms with van der Waals surface area (Å²) in [6, 6.07) is 14.3. The minimum absolute atomic E-state index is 0.0584. The van der Waals surface area contributed by atoms with Gasteiger partial charge in [0.2, 0.25) is 0 Å². The van der Waals surface area contributed by atoms with Crippen LogP contribution in [-0.2, 0) is 11.3 Å². The van der Waals surface area contributed by atoms with Gasteiger partial charge in [0.15, 0.2) is 0 Å². The number of nitrogens with one attached hydrogen (secondary N) is 1. The number of anilines is 1. The first-order chi connectivity index (χ1) is 12.0. The summed E-state index contributed by atoms with van der Waals surface area (Å²) in [5.41, 5.74) is 2.14. The molecule has 3 rings (SSSR count). The van der Waals surface area contributed by atoms with E-state index in [9.17, 15) is 9.90 Å². The molecule has 0 aromatic heterocycles. The standard InChI is InChI=1S/C20H24N2O3/c1-14-11-22(12-15(2)25-14)13-16-7-9-17(10-8-16)20(24)21-18-5-3-4-6-19(18)23/h3-10,14-15,23H,11-13H2,1-2H3,(H,21,24)/t14-,15-/m1/s1. The molecule has 1 aliphatic rings. The second-order valence-corrected chi connectivity index (χ2v) is 6.62. The zero-order chi connectivity index (χ0) is 17.8. The van der Waals surface area contributed by atoms with Crippen LogP contribution in [-0.4, -0.2) is 41.2 Å². The zero-order valence-electron chi connectivity index (χ0n) is 14.6. The lowest BCUT2D eigenvalue weighted by Crippen LogP contribution is -2.44. The summed E-state index contributed by atoms with van der Waals surface area (Å²) < 4.78 is 5.76.